The van der Waals surface area contributed by atoms with Crippen molar-refractivity contribution in [1.29, 1.82) is 0 Å². The van der Waals surface area contributed by atoms with Crippen LogP contribution in [-0.2, 0) is 16.0 Å². The zero-order valence-corrected chi connectivity index (χ0v) is 12.7. The Hall–Kier alpha value is -1.70. The van der Waals surface area contributed by atoms with Crippen molar-refractivity contribution in [1.82, 2.24) is 4.90 Å². The summed E-state index contributed by atoms with van der Waals surface area (Å²) in [5, 5.41) is 14.0. The number of rotatable bonds is 4. The van der Waals surface area contributed by atoms with Gasteiger partial charge in [-0.25, -0.2) is 0 Å². The van der Waals surface area contributed by atoms with Crippen molar-refractivity contribution < 1.29 is 14.4 Å². The van der Waals surface area contributed by atoms with E-state index in [-0.39, 0.29) is 10.6 Å². The summed E-state index contributed by atoms with van der Waals surface area (Å²) >= 11 is 0. The van der Waals surface area contributed by atoms with Crippen LogP contribution in [0.4, 0.5) is 11.4 Å². The number of nitrogens with one attached hydrogen (secondary N) is 1. The first-order valence-electron chi connectivity index (χ1n) is 7.57. The van der Waals surface area contributed by atoms with Crippen LogP contribution < -0.4 is 5.32 Å². The highest BCUT2D eigenvalue weighted by molar-refractivity contribution is 5.62. The fourth-order valence-corrected chi connectivity index (χ4v) is 3.23. The third-order valence-electron chi connectivity index (χ3n) is 4.24. The molecule has 2 aliphatic rings. The van der Waals surface area contributed by atoms with Gasteiger partial charge in [0.05, 0.1) is 24.7 Å². The van der Waals surface area contributed by atoms with Crippen LogP contribution >= 0.6 is 0 Å². The molecular weight excluding hydrogens is 286 g/mol. The summed E-state index contributed by atoms with van der Waals surface area (Å²) in [4.78, 5) is 13.0. The van der Waals surface area contributed by atoms with Crippen molar-refractivity contribution in [2.24, 2.45) is 0 Å². The van der Waals surface area contributed by atoms with Gasteiger partial charge in [0, 0.05) is 26.1 Å². The molecule has 0 aliphatic carbocycles. The van der Waals surface area contributed by atoms with E-state index >= 15 is 0 Å². The molecule has 0 aromatic heterocycles. The Labute approximate surface area is 129 Å². The minimum absolute atomic E-state index is 0.111. The molecular formula is C15H21N3O4. The van der Waals surface area contributed by atoms with E-state index < -0.39 is 5.79 Å². The lowest BCUT2D eigenvalue weighted by Crippen LogP contribution is -2.48. The third kappa shape index (κ3) is 3.06. The zero-order valence-electron chi connectivity index (χ0n) is 12.7. The van der Waals surface area contributed by atoms with Gasteiger partial charge in [0.2, 0.25) is 0 Å². The molecule has 3 rings (SSSR count). The van der Waals surface area contributed by atoms with Gasteiger partial charge < -0.3 is 14.8 Å². The second-order valence-electron chi connectivity index (χ2n) is 5.78. The monoisotopic (exact) mass is 307 g/mol. The zero-order chi connectivity index (χ0) is 15.6. The molecule has 1 N–H and O–H groups in total. The van der Waals surface area contributed by atoms with Crippen molar-refractivity contribution in [2.45, 2.75) is 25.2 Å². The quantitative estimate of drug-likeness (QED) is 0.677. The SMILES string of the molecule is CNc1ccc(CN2CCCC3(C2)OCCO3)cc1[N+](=O)[O-]. The van der Waals surface area contributed by atoms with Gasteiger partial charge in [0.15, 0.2) is 5.79 Å². The second-order valence-corrected chi connectivity index (χ2v) is 5.78. The van der Waals surface area contributed by atoms with Crippen LogP contribution in [0.2, 0.25) is 0 Å². The molecule has 0 radical (unpaired) electrons. The maximum atomic E-state index is 11.1. The minimum atomic E-state index is -0.463. The van der Waals surface area contributed by atoms with E-state index in [1.54, 1.807) is 19.2 Å². The Morgan fingerprint density at radius 3 is 2.86 bits per heavy atom. The molecule has 0 amide bonds. The minimum Gasteiger partial charge on any atom is -0.383 e. The second kappa shape index (κ2) is 6.20. The van der Waals surface area contributed by atoms with Crippen LogP contribution in [0, 0.1) is 10.1 Å². The number of nitrogens with zero attached hydrogens (tertiary/aromatic N) is 2. The summed E-state index contributed by atoms with van der Waals surface area (Å²) in [5.74, 6) is -0.463. The Morgan fingerprint density at radius 2 is 2.18 bits per heavy atom. The van der Waals surface area contributed by atoms with E-state index in [9.17, 15) is 10.1 Å². The van der Waals surface area contributed by atoms with Crippen molar-refractivity contribution in [3.8, 4) is 0 Å². The van der Waals surface area contributed by atoms with E-state index in [0.29, 0.717) is 32.0 Å². The number of benzene rings is 1. The van der Waals surface area contributed by atoms with Gasteiger partial charge in [-0.2, -0.15) is 0 Å². The van der Waals surface area contributed by atoms with Crippen LogP contribution in [0.25, 0.3) is 0 Å². The normalized spacial score (nSPS) is 21.1. The van der Waals surface area contributed by atoms with Gasteiger partial charge in [0.1, 0.15) is 5.69 Å². The van der Waals surface area contributed by atoms with Crippen molar-refractivity contribution in [2.75, 3.05) is 38.7 Å². The van der Waals surface area contributed by atoms with Gasteiger partial charge >= 0.3 is 0 Å². The molecule has 0 bridgehead atoms. The number of anilines is 1. The molecule has 120 valence electrons. The molecule has 0 saturated carbocycles. The number of piperidine rings is 1. The number of likely N-dealkylation sites (tertiary alicyclic amines) is 1. The summed E-state index contributed by atoms with van der Waals surface area (Å²) in [6.07, 6.45) is 1.93. The molecule has 1 aromatic rings. The first-order valence-corrected chi connectivity index (χ1v) is 7.57. The van der Waals surface area contributed by atoms with Crippen LogP contribution in [0.5, 0.6) is 0 Å². The molecule has 1 aromatic carbocycles. The summed E-state index contributed by atoms with van der Waals surface area (Å²) in [6, 6.07) is 5.33. The van der Waals surface area contributed by atoms with Crippen LogP contribution in [0.3, 0.4) is 0 Å². The highest BCUT2D eigenvalue weighted by Crippen LogP contribution is 2.31. The molecule has 2 fully saturated rings. The van der Waals surface area contributed by atoms with E-state index in [2.05, 4.69) is 10.2 Å². The molecule has 7 heteroatoms. The van der Waals surface area contributed by atoms with Gasteiger partial charge in [-0.3, -0.25) is 15.0 Å². The molecule has 22 heavy (non-hydrogen) atoms. The molecule has 2 saturated heterocycles. The average molecular weight is 307 g/mol. The van der Waals surface area contributed by atoms with E-state index in [0.717, 1.165) is 24.9 Å². The Kier molecular flexibility index (Phi) is 4.28. The third-order valence-corrected chi connectivity index (χ3v) is 4.24. The van der Waals surface area contributed by atoms with Crippen molar-refractivity contribution >= 4 is 11.4 Å². The lowest BCUT2D eigenvalue weighted by molar-refractivity contribution is -0.384. The molecule has 1 spiro atoms. The molecule has 0 unspecified atom stereocenters. The summed E-state index contributed by atoms with van der Waals surface area (Å²) < 4.78 is 11.5. The molecule has 7 nitrogen and oxygen atoms in total. The highest BCUT2D eigenvalue weighted by Gasteiger charge is 2.40. The van der Waals surface area contributed by atoms with Gasteiger partial charge in [-0.15, -0.1) is 0 Å². The van der Waals surface area contributed by atoms with Crippen molar-refractivity contribution in [3.05, 3.63) is 33.9 Å². The number of nitro groups is 1. The molecule has 0 atom stereocenters. The molecule has 2 aliphatic heterocycles. The number of nitro benzene ring substituents is 1. The van der Waals surface area contributed by atoms with E-state index in [1.807, 2.05) is 6.07 Å². The van der Waals surface area contributed by atoms with Gasteiger partial charge in [-0.05, 0) is 24.6 Å². The fourth-order valence-electron chi connectivity index (χ4n) is 3.23. The lowest BCUT2D eigenvalue weighted by Gasteiger charge is -2.38. The van der Waals surface area contributed by atoms with Gasteiger partial charge in [0.25, 0.3) is 5.69 Å². The van der Waals surface area contributed by atoms with Crippen LogP contribution in [0.15, 0.2) is 18.2 Å². The number of hydrogen-bond acceptors (Lipinski definition) is 6. The topological polar surface area (TPSA) is 76.9 Å². The van der Waals surface area contributed by atoms with Crippen LogP contribution in [0.1, 0.15) is 18.4 Å². The summed E-state index contributed by atoms with van der Waals surface area (Å²) in [5.41, 5.74) is 1.58. The summed E-state index contributed by atoms with van der Waals surface area (Å²) in [7, 11) is 1.69. The van der Waals surface area contributed by atoms with Crippen LogP contribution in [-0.4, -0.2) is 49.0 Å². The standard InChI is InChI=1S/C15H21N3O4/c1-16-13-4-3-12(9-14(13)18(19)20)10-17-6-2-5-15(11-17)21-7-8-22-15/h3-4,9,16H,2,5-8,10-11H2,1H3. The number of ether oxygens (including phenoxy) is 2. The first-order chi connectivity index (χ1) is 10.6. The number of hydrogen-bond donors (Lipinski definition) is 1. The molecule has 2 heterocycles. The van der Waals surface area contributed by atoms with E-state index in [1.165, 1.54) is 0 Å². The predicted octanol–water partition coefficient (Wildman–Crippen LogP) is 1.98. The maximum Gasteiger partial charge on any atom is 0.292 e. The summed E-state index contributed by atoms with van der Waals surface area (Å²) in [6.45, 7) is 3.64. The Morgan fingerprint density at radius 1 is 1.41 bits per heavy atom. The highest BCUT2D eigenvalue weighted by atomic mass is 16.7. The average Bonchev–Trinajstić information content (AvgIpc) is 2.95. The van der Waals surface area contributed by atoms with Gasteiger partial charge in [-0.1, -0.05) is 6.07 Å². The van der Waals surface area contributed by atoms with Crippen molar-refractivity contribution in [3.63, 3.8) is 0 Å². The lowest BCUT2D eigenvalue weighted by atomic mass is 10.0. The Bertz CT molecular complexity index is 558. The largest absolute Gasteiger partial charge is 0.383 e. The van der Waals surface area contributed by atoms with E-state index in [4.69, 9.17) is 9.47 Å². The predicted molar refractivity (Wildman–Crippen MR) is 81.8 cm³/mol. The fraction of sp³-hybridized carbons (Fsp3) is 0.600. The Balaban J connectivity index is 1.72. The first kappa shape index (κ1) is 15.2. The smallest absolute Gasteiger partial charge is 0.292 e. The maximum absolute atomic E-state index is 11.1.